The van der Waals surface area contributed by atoms with Gasteiger partial charge in [0.1, 0.15) is 0 Å². The van der Waals surface area contributed by atoms with Crippen LogP contribution in [0.3, 0.4) is 0 Å². The number of hydrogen-bond donors (Lipinski definition) is 0. The Morgan fingerprint density at radius 3 is 2.79 bits per heavy atom. The Morgan fingerprint density at radius 1 is 1.53 bits per heavy atom. The molecular weight excluding hydrogens is 286 g/mol. The summed E-state index contributed by atoms with van der Waals surface area (Å²) in [6.45, 7) is 2.25. The molecule has 1 heterocycles. The van der Waals surface area contributed by atoms with E-state index in [9.17, 15) is 8.42 Å². The van der Waals surface area contributed by atoms with E-state index in [1.54, 1.807) is 19.1 Å². The maximum atomic E-state index is 12.3. The van der Waals surface area contributed by atoms with Crippen molar-refractivity contribution in [2.24, 2.45) is 0 Å². The van der Waals surface area contributed by atoms with Gasteiger partial charge in [-0.1, -0.05) is 17.7 Å². The first kappa shape index (κ1) is 14.3. The van der Waals surface area contributed by atoms with Crippen LogP contribution in [-0.4, -0.2) is 26.4 Å². The van der Waals surface area contributed by atoms with Gasteiger partial charge in [0.2, 0.25) is 0 Å². The summed E-state index contributed by atoms with van der Waals surface area (Å²) in [6.07, 6.45) is 0.249. The zero-order valence-corrected chi connectivity index (χ0v) is 12.0. The molecule has 19 heavy (non-hydrogen) atoms. The molecule has 0 bridgehead atoms. The third-order valence-electron chi connectivity index (χ3n) is 3.31. The van der Waals surface area contributed by atoms with E-state index < -0.39 is 15.1 Å². The second-order valence-corrected chi connectivity index (χ2v) is 7.26. The summed E-state index contributed by atoms with van der Waals surface area (Å²) in [7, 11) is -3.30. The van der Waals surface area contributed by atoms with Crippen molar-refractivity contribution in [1.82, 2.24) is 0 Å². The lowest BCUT2D eigenvalue weighted by Gasteiger charge is -2.15. The summed E-state index contributed by atoms with van der Waals surface area (Å²) < 4.78 is 29.9. The molecule has 2 rings (SSSR count). The summed E-state index contributed by atoms with van der Waals surface area (Å²) in [5, 5.41) is 8.59. The van der Waals surface area contributed by atoms with Crippen molar-refractivity contribution in [2.75, 3.05) is 6.61 Å². The van der Waals surface area contributed by atoms with Crippen molar-refractivity contribution in [3.8, 4) is 6.07 Å². The quantitative estimate of drug-likeness (QED) is 0.859. The molecule has 0 aliphatic carbocycles. The first-order valence-electron chi connectivity index (χ1n) is 5.96. The molecule has 102 valence electrons. The Hall–Kier alpha value is -1.09. The molecule has 2 unspecified atom stereocenters. The zero-order chi connectivity index (χ0) is 14.0. The Labute approximate surface area is 117 Å². The standard InChI is InChI=1S/C13H14ClNO3S/c1-9-13(4-5-18-9)19(16,17)8-11-3-2-10(7-15)6-12(11)14/h2-3,6,9,13H,4-5,8H2,1H3. The van der Waals surface area contributed by atoms with E-state index in [4.69, 9.17) is 21.6 Å². The fourth-order valence-electron chi connectivity index (χ4n) is 2.24. The summed E-state index contributed by atoms with van der Waals surface area (Å²) >= 11 is 6.01. The molecule has 1 fully saturated rings. The molecule has 0 saturated carbocycles. The monoisotopic (exact) mass is 299 g/mol. The van der Waals surface area contributed by atoms with Crippen molar-refractivity contribution in [1.29, 1.82) is 5.26 Å². The Balaban J connectivity index is 2.23. The fraction of sp³-hybridized carbons (Fsp3) is 0.462. The van der Waals surface area contributed by atoms with Gasteiger partial charge in [-0.15, -0.1) is 0 Å². The van der Waals surface area contributed by atoms with E-state index in [1.165, 1.54) is 6.07 Å². The highest BCUT2D eigenvalue weighted by molar-refractivity contribution is 7.91. The molecule has 0 amide bonds. The molecule has 1 aromatic carbocycles. The van der Waals surface area contributed by atoms with Crippen LogP contribution in [0.1, 0.15) is 24.5 Å². The van der Waals surface area contributed by atoms with Gasteiger partial charge in [0, 0.05) is 11.6 Å². The lowest BCUT2D eigenvalue weighted by atomic mass is 10.2. The lowest BCUT2D eigenvalue weighted by molar-refractivity contribution is 0.126. The predicted octanol–water partition coefficient (Wildman–Crippen LogP) is 2.30. The minimum Gasteiger partial charge on any atom is -0.377 e. The van der Waals surface area contributed by atoms with E-state index in [0.29, 0.717) is 29.2 Å². The molecule has 1 aliphatic rings. The Morgan fingerprint density at radius 2 is 2.26 bits per heavy atom. The third-order valence-corrected chi connectivity index (χ3v) is 5.91. The number of nitriles is 1. The Kier molecular flexibility index (Phi) is 4.14. The van der Waals surface area contributed by atoms with Gasteiger partial charge in [0.05, 0.1) is 28.7 Å². The second kappa shape index (κ2) is 5.49. The number of nitrogens with zero attached hydrogens (tertiary/aromatic N) is 1. The lowest BCUT2D eigenvalue weighted by Crippen LogP contribution is -2.29. The van der Waals surface area contributed by atoms with Gasteiger partial charge in [-0.3, -0.25) is 0 Å². The molecule has 1 aromatic rings. The molecular formula is C13H14ClNO3S. The average Bonchev–Trinajstić information content (AvgIpc) is 2.79. The average molecular weight is 300 g/mol. The maximum absolute atomic E-state index is 12.3. The van der Waals surface area contributed by atoms with E-state index >= 15 is 0 Å². The summed E-state index contributed by atoms with van der Waals surface area (Å²) in [6, 6.07) is 6.62. The van der Waals surface area contributed by atoms with Crippen LogP contribution >= 0.6 is 11.6 Å². The molecule has 0 N–H and O–H groups in total. The number of sulfone groups is 1. The molecule has 1 aliphatic heterocycles. The topological polar surface area (TPSA) is 67.2 Å². The molecule has 0 radical (unpaired) electrons. The highest BCUT2D eigenvalue weighted by atomic mass is 35.5. The molecule has 4 nitrogen and oxygen atoms in total. The van der Waals surface area contributed by atoms with Gasteiger partial charge in [0.25, 0.3) is 0 Å². The summed E-state index contributed by atoms with van der Waals surface area (Å²) in [5.74, 6) is -0.115. The number of hydrogen-bond acceptors (Lipinski definition) is 4. The van der Waals surface area contributed by atoms with Crippen LogP contribution < -0.4 is 0 Å². The first-order chi connectivity index (χ1) is 8.94. The van der Waals surface area contributed by atoms with Crippen LogP contribution in [0.15, 0.2) is 18.2 Å². The second-order valence-electron chi connectivity index (χ2n) is 4.63. The number of benzene rings is 1. The third kappa shape index (κ3) is 3.08. The molecule has 1 saturated heterocycles. The van der Waals surface area contributed by atoms with Crippen LogP contribution in [0, 0.1) is 11.3 Å². The SMILES string of the molecule is CC1OCCC1S(=O)(=O)Cc1ccc(C#N)cc1Cl. The molecule has 0 aromatic heterocycles. The van der Waals surface area contributed by atoms with Crippen LogP contribution in [0.2, 0.25) is 5.02 Å². The van der Waals surface area contributed by atoms with Crippen molar-refractivity contribution in [3.63, 3.8) is 0 Å². The van der Waals surface area contributed by atoms with Gasteiger partial charge in [-0.25, -0.2) is 8.42 Å². The number of rotatable bonds is 3. The highest BCUT2D eigenvalue weighted by Gasteiger charge is 2.35. The minimum atomic E-state index is -3.30. The van der Waals surface area contributed by atoms with E-state index in [0.717, 1.165) is 0 Å². The van der Waals surface area contributed by atoms with Gasteiger partial charge < -0.3 is 4.74 Å². The van der Waals surface area contributed by atoms with E-state index in [-0.39, 0.29) is 11.9 Å². The van der Waals surface area contributed by atoms with Crippen molar-refractivity contribution >= 4 is 21.4 Å². The van der Waals surface area contributed by atoms with Crippen LogP contribution in [0.5, 0.6) is 0 Å². The van der Waals surface area contributed by atoms with Crippen molar-refractivity contribution in [2.45, 2.75) is 30.5 Å². The van der Waals surface area contributed by atoms with Crippen molar-refractivity contribution in [3.05, 3.63) is 34.3 Å². The minimum absolute atomic E-state index is 0.115. The molecule has 2 atom stereocenters. The van der Waals surface area contributed by atoms with Gasteiger partial charge >= 0.3 is 0 Å². The van der Waals surface area contributed by atoms with Gasteiger partial charge in [-0.2, -0.15) is 5.26 Å². The number of halogens is 1. The van der Waals surface area contributed by atoms with Crippen LogP contribution in [0.4, 0.5) is 0 Å². The predicted molar refractivity (Wildman–Crippen MR) is 72.6 cm³/mol. The van der Waals surface area contributed by atoms with E-state index in [1.807, 2.05) is 6.07 Å². The molecule has 6 heteroatoms. The summed E-state index contributed by atoms with van der Waals surface area (Å²) in [4.78, 5) is 0. The van der Waals surface area contributed by atoms with Crippen LogP contribution in [0.25, 0.3) is 0 Å². The number of ether oxygens (including phenoxy) is 1. The molecule has 0 spiro atoms. The van der Waals surface area contributed by atoms with Gasteiger partial charge in [-0.05, 0) is 31.0 Å². The Bertz CT molecular complexity index is 621. The van der Waals surface area contributed by atoms with Crippen molar-refractivity contribution < 1.29 is 13.2 Å². The first-order valence-corrected chi connectivity index (χ1v) is 8.05. The largest absolute Gasteiger partial charge is 0.377 e. The summed E-state index contributed by atoms with van der Waals surface area (Å²) in [5.41, 5.74) is 0.948. The maximum Gasteiger partial charge on any atom is 0.159 e. The van der Waals surface area contributed by atoms with Crippen LogP contribution in [-0.2, 0) is 20.3 Å². The normalized spacial score (nSPS) is 23.2. The van der Waals surface area contributed by atoms with Gasteiger partial charge in [0.15, 0.2) is 9.84 Å². The zero-order valence-electron chi connectivity index (χ0n) is 10.5. The fourth-order valence-corrected chi connectivity index (χ4v) is 4.59. The highest BCUT2D eigenvalue weighted by Crippen LogP contribution is 2.27. The smallest absolute Gasteiger partial charge is 0.159 e. The van der Waals surface area contributed by atoms with E-state index in [2.05, 4.69) is 0 Å².